The Hall–Kier alpha value is -0.500. The Kier molecular flexibility index (Phi) is 0.887. The lowest BCUT2D eigenvalue weighted by Gasteiger charge is -2.42. The molecule has 2 aliphatic heterocycles. The Morgan fingerprint density at radius 3 is 2.67 bits per heavy atom. The van der Waals surface area contributed by atoms with Crippen LogP contribution >= 0.6 is 0 Å². The van der Waals surface area contributed by atoms with E-state index in [9.17, 15) is 0 Å². The topological polar surface area (TPSA) is 24.1 Å². The molecule has 2 N–H and O–H groups in total. The molecule has 0 aromatic heterocycles. The fourth-order valence-electron chi connectivity index (χ4n) is 1.64. The molecule has 0 aromatic rings. The molecule has 2 nitrogen and oxygen atoms in total. The van der Waals surface area contributed by atoms with Gasteiger partial charge in [0.1, 0.15) is 0 Å². The standard InChI is InChI=1S/C7H12N2/c1-6-7(5-8-6)3-2-4-9-7/h8-9H,1-5H2. The molecule has 2 rings (SSSR count). The molecule has 1 unspecified atom stereocenters. The molecule has 2 saturated heterocycles. The summed E-state index contributed by atoms with van der Waals surface area (Å²) in [5.41, 5.74) is 1.51. The normalized spacial score (nSPS) is 40.7. The van der Waals surface area contributed by atoms with Gasteiger partial charge in [0.25, 0.3) is 0 Å². The highest BCUT2D eigenvalue weighted by molar-refractivity contribution is 5.27. The SMILES string of the molecule is C=C1NCC12CCCN2. The molecule has 50 valence electrons. The summed E-state index contributed by atoms with van der Waals surface area (Å²) >= 11 is 0. The zero-order valence-corrected chi connectivity index (χ0v) is 5.54. The first-order chi connectivity index (χ1) is 4.33. The van der Waals surface area contributed by atoms with Crippen molar-refractivity contribution in [1.82, 2.24) is 10.6 Å². The van der Waals surface area contributed by atoms with Gasteiger partial charge < -0.3 is 10.6 Å². The van der Waals surface area contributed by atoms with Crippen LogP contribution in [-0.2, 0) is 0 Å². The highest BCUT2D eigenvalue weighted by Crippen LogP contribution is 2.30. The molecule has 0 saturated carbocycles. The van der Waals surface area contributed by atoms with Gasteiger partial charge in [-0.1, -0.05) is 6.58 Å². The number of hydrogen-bond acceptors (Lipinski definition) is 2. The van der Waals surface area contributed by atoms with E-state index < -0.39 is 0 Å². The van der Waals surface area contributed by atoms with E-state index in [4.69, 9.17) is 0 Å². The van der Waals surface area contributed by atoms with Crippen LogP contribution in [0.15, 0.2) is 12.3 Å². The number of hydrogen-bond donors (Lipinski definition) is 2. The second-order valence-corrected chi connectivity index (χ2v) is 2.94. The second-order valence-electron chi connectivity index (χ2n) is 2.94. The maximum atomic E-state index is 3.92. The summed E-state index contributed by atoms with van der Waals surface area (Å²) in [5, 5.41) is 6.64. The highest BCUT2D eigenvalue weighted by Gasteiger charge is 2.42. The summed E-state index contributed by atoms with van der Waals surface area (Å²) in [4.78, 5) is 0. The van der Waals surface area contributed by atoms with Crippen molar-refractivity contribution in [2.45, 2.75) is 18.4 Å². The summed E-state index contributed by atoms with van der Waals surface area (Å²) in [6.07, 6.45) is 2.58. The minimum Gasteiger partial charge on any atom is -0.385 e. The second kappa shape index (κ2) is 1.51. The minimum absolute atomic E-state index is 0.319. The summed E-state index contributed by atoms with van der Waals surface area (Å²) in [6, 6.07) is 0. The van der Waals surface area contributed by atoms with Crippen molar-refractivity contribution in [2.24, 2.45) is 0 Å². The Morgan fingerprint density at radius 2 is 2.44 bits per heavy atom. The monoisotopic (exact) mass is 124 g/mol. The highest BCUT2D eigenvalue weighted by atomic mass is 15.2. The van der Waals surface area contributed by atoms with Gasteiger partial charge in [-0.25, -0.2) is 0 Å². The van der Waals surface area contributed by atoms with Gasteiger partial charge in [0.15, 0.2) is 0 Å². The van der Waals surface area contributed by atoms with Crippen molar-refractivity contribution < 1.29 is 0 Å². The first-order valence-electron chi connectivity index (χ1n) is 3.52. The first-order valence-corrected chi connectivity index (χ1v) is 3.52. The number of rotatable bonds is 0. The van der Waals surface area contributed by atoms with Crippen molar-refractivity contribution in [3.05, 3.63) is 12.3 Å². The van der Waals surface area contributed by atoms with Crippen molar-refractivity contribution >= 4 is 0 Å². The molecule has 0 radical (unpaired) electrons. The molecule has 0 bridgehead atoms. The van der Waals surface area contributed by atoms with E-state index in [0.29, 0.717) is 5.54 Å². The quantitative estimate of drug-likeness (QED) is 0.483. The third-order valence-electron chi connectivity index (χ3n) is 2.42. The lowest BCUT2D eigenvalue weighted by atomic mass is 9.87. The summed E-state index contributed by atoms with van der Waals surface area (Å²) in [6.45, 7) is 6.18. The van der Waals surface area contributed by atoms with Crippen LogP contribution in [0.3, 0.4) is 0 Å². The maximum absolute atomic E-state index is 3.92. The predicted molar refractivity (Wildman–Crippen MR) is 37.1 cm³/mol. The molecule has 2 heterocycles. The Balaban J connectivity index is 2.14. The Bertz CT molecular complexity index is 145. The van der Waals surface area contributed by atoms with Gasteiger partial charge >= 0.3 is 0 Å². The molecule has 0 aliphatic carbocycles. The molecule has 9 heavy (non-hydrogen) atoms. The zero-order chi connectivity index (χ0) is 6.32. The molecular weight excluding hydrogens is 112 g/mol. The summed E-state index contributed by atoms with van der Waals surface area (Å²) in [7, 11) is 0. The van der Waals surface area contributed by atoms with E-state index in [1.165, 1.54) is 25.1 Å². The van der Waals surface area contributed by atoms with Crippen molar-refractivity contribution in [3.63, 3.8) is 0 Å². The van der Waals surface area contributed by atoms with Crippen LogP contribution < -0.4 is 10.6 Å². The zero-order valence-electron chi connectivity index (χ0n) is 5.54. The predicted octanol–water partition coefficient (Wildman–Crippen LogP) is 0.225. The van der Waals surface area contributed by atoms with E-state index in [2.05, 4.69) is 17.2 Å². The molecule has 1 spiro atoms. The molecule has 2 fully saturated rings. The summed E-state index contributed by atoms with van der Waals surface area (Å²) in [5.74, 6) is 0. The van der Waals surface area contributed by atoms with Gasteiger partial charge in [-0.05, 0) is 19.4 Å². The van der Waals surface area contributed by atoms with Crippen LogP contribution in [0, 0.1) is 0 Å². The van der Waals surface area contributed by atoms with Crippen LogP contribution in [0.25, 0.3) is 0 Å². The van der Waals surface area contributed by atoms with E-state index in [0.717, 1.165) is 6.54 Å². The lowest BCUT2D eigenvalue weighted by Crippen LogP contribution is -2.62. The third-order valence-corrected chi connectivity index (χ3v) is 2.42. The van der Waals surface area contributed by atoms with Crippen LogP contribution in [0.1, 0.15) is 12.8 Å². The molecular formula is C7H12N2. The van der Waals surface area contributed by atoms with Gasteiger partial charge in [0.2, 0.25) is 0 Å². The smallest absolute Gasteiger partial charge is 0.0752 e. The molecule has 2 heteroatoms. The largest absolute Gasteiger partial charge is 0.385 e. The van der Waals surface area contributed by atoms with Gasteiger partial charge in [-0.2, -0.15) is 0 Å². The fraction of sp³-hybridized carbons (Fsp3) is 0.714. The van der Waals surface area contributed by atoms with E-state index >= 15 is 0 Å². The van der Waals surface area contributed by atoms with Crippen LogP contribution in [0.4, 0.5) is 0 Å². The summed E-state index contributed by atoms with van der Waals surface area (Å²) < 4.78 is 0. The average Bonchev–Trinajstić information content (AvgIpc) is 2.34. The van der Waals surface area contributed by atoms with Crippen LogP contribution in [-0.4, -0.2) is 18.6 Å². The van der Waals surface area contributed by atoms with Crippen molar-refractivity contribution in [2.75, 3.05) is 13.1 Å². The van der Waals surface area contributed by atoms with Gasteiger partial charge in [0.05, 0.1) is 5.54 Å². The van der Waals surface area contributed by atoms with Gasteiger partial charge in [0, 0.05) is 12.2 Å². The Morgan fingerprint density at radius 1 is 1.56 bits per heavy atom. The number of nitrogens with one attached hydrogen (secondary N) is 2. The first kappa shape index (κ1) is 5.30. The molecule has 1 atom stereocenters. The van der Waals surface area contributed by atoms with E-state index in [-0.39, 0.29) is 0 Å². The maximum Gasteiger partial charge on any atom is 0.0752 e. The average molecular weight is 124 g/mol. The molecule has 0 amide bonds. The van der Waals surface area contributed by atoms with Crippen molar-refractivity contribution in [3.8, 4) is 0 Å². The van der Waals surface area contributed by atoms with Crippen LogP contribution in [0.5, 0.6) is 0 Å². The van der Waals surface area contributed by atoms with Crippen LogP contribution in [0.2, 0.25) is 0 Å². The van der Waals surface area contributed by atoms with Gasteiger partial charge in [-0.3, -0.25) is 0 Å². The fourth-order valence-corrected chi connectivity index (χ4v) is 1.64. The van der Waals surface area contributed by atoms with E-state index in [1.807, 2.05) is 0 Å². The molecule has 0 aromatic carbocycles. The minimum atomic E-state index is 0.319. The van der Waals surface area contributed by atoms with Gasteiger partial charge in [-0.15, -0.1) is 0 Å². The Labute approximate surface area is 55.3 Å². The van der Waals surface area contributed by atoms with E-state index in [1.54, 1.807) is 0 Å². The third kappa shape index (κ3) is 0.540. The lowest BCUT2D eigenvalue weighted by molar-refractivity contribution is 0.322. The molecule has 2 aliphatic rings. The van der Waals surface area contributed by atoms with Crippen molar-refractivity contribution in [1.29, 1.82) is 0 Å².